The lowest BCUT2D eigenvalue weighted by atomic mass is 9.97. The van der Waals surface area contributed by atoms with Crippen LogP contribution < -0.4 is 0 Å². The number of carbonyl (C=O) groups is 2. The molecule has 0 bridgehead atoms. The summed E-state index contributed by atoms with van der Waals surface area (Å²) in [5.41, 5.74) is 0.896. The molecule has 0 radical (unpaired) electrons. The summed E-state index contributed by atoms with van der Waals surface area (Å²) < 4.78 is 4.97. The molecule has 150 valence electrons. The third kappa shape index (κ3) is 3.26. The first kappa shape index (κ1) is 19.2. The average Bonchev–Trinajstić information content (AvgIpc) is 3.23. The van der Waals surface area contributed by atoms with Crippen LogP contribution >= 0.6 is 23.4 Å². The minimum Gasteiger partial charge on any atom is -0.504 e. The van der Waals surface area contributed by atoms with Gasteiger partial charge in [-0.05, 0) is 19.1 Å². The third-order valence-corrected chi connectivity index (χ3v) is 7.18. The molecule has 3 aliphatic rings. The molecular weight excluding hydrogens is 408 g/mol. The van der Waals surface area contributed by atoms with Gasteiger partial charge in [0.15, 0.2) is 11.5 Å². The van der Waals surface area contributed by atoms with E-state index in [1.165, 1.54) is 12.1 Å². The summed E-state index contributed by atoms with van der Waals surface area (Å²) in [6.45, 7) is 2.82. The van der Waals surface area contributed by atoms with E-state index in [0.717, 1.165) is 5.71 Å². The predicted octanol–water partition coefficient (Wildman–Crippen LogP) is 2.51. The van der Waals surface area contributed by atoms with Crippen LogP contribution in [0, 0.1) is 0 Å². The number of nitrogens with zero attached hydrogens (tertiary/aromatic N) is 2. The van der Waals surface area contributed by atoms with Crippen molar-refractivity contribution in [1.82, 2.24) is 4.90 Å². The number of phenols is 2. The summed E-state index contributed by atoms with van der Waals surface area (Å²) in [7, 11) is 0. The Balaban J connectivity index is 1.27. The molecule has 3 heterocycles. The number of benzene rings is 1. The fraction of sp³-hybridized carbons (Fsp3) is 0.500. The van der Waals surface area contributed by atoms with Crippen LogP contribution in [0.5, 0.6) is 11.5 Å². The van der Waals surface area contributed by atoms with Crippen molar-refractivity contribution < 1.29 is 29.4 Å². The van der Waals surface area contributed by atoms with Crippen LogP contribution in [0.2, 0.25) is 5.02 Å². The first-order valence-corrected chi connectivity index (χ1v) is 10.1. The minimum atomic E-state index is -0.694. The van der Waals surface area contributed by atoms with Crippen molar-refractivity contribution in [3.8, 4) is 11.5 Å². The van der Waals surface area contributed by atoms with Gasteiger partial charge >= 0.3 is 5.97 Å². The summed E-state index contributed by atoms with van der Waals surface area (Å²) in [5.74, 6) is -1.47. The Morgan fingerprint density at radius 3 is 2.96 bits per heavy atom. The lowest BCUT2D eigenvalue weighted by molar-refractivity contribution is -0.140. The van der Waals surface area contributed by atoms with Crippen LogP contribution in [0.1, 0.15) is 36.5 Å². The van der Waals surface area contributed by atoms with Crippen LogP contribution in [0.15, 0.2) is 17.3 Å². The Bertz CT molecular complexity index is 878. The number of oxime groups is 1. The van der Waals surface area contributed by atoms with Crippen molar-refractivity contribution in [2.45, 2.75) is 42.4 Å². The highest BCUT2D eigenvalue weighted by Crippen LogP contribution is 2.48. The van der Waals surface area contributed by atoms with Gasteiger partial charge in [0.25, 0.3) is 0 Å². The van der Waals surface area contributed by atoms with Gasteiger partial charge in [0.2, 0.25) is 5.91 Å². The molecule has 3 aliphatic heterocycles. The van der Waals surface area contributed by atoms with Crippen molar-refractivity contribution in [3.05, 3.63) is 22.7 Å². The minimum absolute atomic E-state index is 0.0229. The van der Waals surface area contributed by atoms with Crippen molar-refractivity contribution in [1.29, 1.82) is 0 Å². The van der Waals surface area contributed by atoms with Crippen LogP contribution in [0.25, 0.3) is 0 Å². The Kier molecular flexibility index (Phi) is 4.83. The van der Waals surface area contributed by atoms with Crippen molar-refractivity contribution in [2.24, 2.45) is 5.16 Å². The van der Waals surface area contributed by atoms with E-state index in [9.17, 15) is 19.8 Å². The number of halogens is 1. The molecule has 1 amide bonds. The molecule has 1 aromatic carbocycles. The van der Waals surface area contributed by atoms with Gasteiger partial charge in [0, 0.05) is 19.4 Å². The van der Waals surface area contributed by atoms with Crippen molar-refractivity contribution in [3.63, 3.8) is 0 Å². The standard InChI is InChI=1S/C18H19ClN2O6S/c1-18(8-21-13(23)7-14(21)28-18)12-6-9(27-20-12)4-5-26-17(25)10-2-3-11(22)16(24)15(10)19/h2-3,9,14,22,24H,4-8H2,1H3/t9?,14-,18-/m1/s1. The smallest absolute Gasteiger partial charge is 0.339 e. The topological polar surface area (TPSA) is 109 Å². The molecule has 3 atom stereocenters. The molecule has 1 aromatic rings. The Morgan fingerprint density at radius 1 is 1.46 bits per heavy atom. The number of thioether (sulfide) groups is 1. The first-order chi connectivity index (χ1) is 13.3. The van der Waals surface area contributed by atoms with Gasteiger partial charge in [0.1, 0.15) is 11.1 Å². The number of amides is 1. The monoisotopic (exact) mass is 426 g/mol. The van der Waals surface area contributed by atoms with Gasteiger partial charge in [0.05, 0.1) is 34.4 Å². The van der Waals surface area contributed by atoms with Gasteiger partial charge in [-0.1, -0.05) is 16.8 Å². The maximum absolute atomic E-state index is 12.1. The summed E-state index contributed by atoms with van der Waals surface area (Å²) in [6.07, 6.45) is 1.46. The molecule has 0 saturated carbocycles. The molecule has 2 N–H and O–H groups in total. The molecule has 0 spiro atoms. The van der Waals surface area contributed by atoms with E-state index >= 15 is 0 Å². The van der Waals surface area contributed by atoms with Crippen LogP contribution in [-0.4, -0.2) is 62.1 Å². The van der Waals surface area contributed by atoms with Gasteiger partial charge < -0.3 is 24.7 Å². The lowest BCUT2D eigenvalue weighted by Crippen LogP contribution is -2.48. The summed E-state index contributed by atoms with van der Waals surface area (Å²) >= 11 is 7.61. The van der Waals surface area contributed by atoms with E-state index in [-0.39, 0.29) is 39.3 Å². The fourth-order valence-electron chi connectivity index (χ4n) is 3.51. The zero-order valence-electron chi connectivity index (χ0n) is 15.1. The highest BCUT2D eigenvalue weighted by molar-refractivity contribution is 8.02. The van der Waals surface area contributed by atoms with Gasteiger partial charge in [-0.2, -0.15) is 0 Å². The molecule has 8 nitrogen and oxygen atoms in total. The number of fused-ring (bicyclic) bond motifs is 1. The zero-order valence-corrected chi connectivity index (χ0v) is 16.6. The molecule has 0 aromatic heterocycles. The number of hydrogen-bond donors (Lipinski definition) is 2. The van der Waals surface area contributed by atoms with E-state index < -0.39 is 17.5 Å². The van der Waals surface area contributed by atoms with Crippen LogP contribution in [-0.2, 0) is 14.4 Å². The average molecular weight is 427 g/mol. The van der Waals surface area contributed by atoms with E-state index in [4.69, 9.17) is 21.2 Å². The summed E-state index contributed by atoms with van der Waals surface area (Å²) in [4.78, 5) is 31.1. The second-order valence-electron chi connectivity index (χ2n) is 7.22. The number of carbonyl (C=O) groups excluding carboxylic acids is 2. The van der Waals surface area contributed by atoms with Crippen molar-refractivity contribution >= 4 is 41.0 Å². The Morgan fingerprint density at radius 2 is 2.25 bits per heavy atom. The van der Waals surface area contributed by atoms with E-state index in [1.54, 1.807) is 11.8 Å². The molecular formula is C18H19ClN2O6S. The number of hydrogen-bond acceptors (Lipinski definition) is 8. The molecule has 4 rings (SSSR count). The second-order valence-corrected chi connectivity index (χ2v) is 9.28. The molecule has 10 heteroatoms. The molecule has 28 heavy (non-hydrogen) atoms. The number of rotatable bonds is 5. The SMILES string of the molecule is C[C@]1(C2=NOC(CCOC(=O)c3ccc(O)c(O)c3Cl)C2)CN2C(=O)C[C@H]2S1. The predicted molar refractivity (Wildman–Crippen MR) is 103 cm³/mol. The highest BCUT2D eigenvalue weighted by Gasteiger charge is 2.53. The molecule has 2 saturated heterocycles. The number of esters is 1. The van der Waals surface area contributed by atoms with E-state index in [1.807, 2.05) is 4.90 Å². The van der Waals surface area contributed by atoms with E-state index in [2.05, 4.69) is 12.1 Å². The maximum atomic E-state index is 12.1. The highest BCUT2D eigenvalue weighted by atomic mass is 35.5. The second kappa shape index (κ2) is 7.04. The molecule has 2 fully saturated rings. The summed E-state index contributed by atoms with van der Waals surface area (Å²) in [5, 5.41) is 23.2. The third-order valence-electron chi connectivity index (χ3n) is 5.22. The Labute approximate surface area is 170 Å². The molecule has 0 aliphatic carbocycles. The van der Waals surface area contributed by atoms with Gasteiger partial charge in [-0.3, -0.25) is 4.79 Å². The number of phenolic OH excluding ortho intramolecular Hbond substituents is 2. The van der Waals surface area contributed by atoms with Crippen molar-refractivity contribution in [2.75, 3.05) is 13.2 Å². The Hall–Kier alpha value is -2.13. The number of aromatic hydroxyl groups is 2. The quantitative estimate of drug-likeness (QED) is 0.423. The largest absolute Gasteiger partial charge is 0.504 e. The molecule has 1 unspecified atom stereocenters. The lowest BCUT2D eigenvalue weighted by Gasteiger charge is -2.32. The number of ether oxygens (including phenoxy) is 1. The summed E-state index contributed by atoms with van der Waals surface area (Å²) in [6, 6.07) is 2.46. The normalized spacial score (nSPS) is 28.4. The number of β-lactam (4-membered cyclic amide) rings is 1. The van der Waals surface area contributed by atoms with Crippen LogP contribution in [0.3, 0.4) is 0 Å². The van der Waals surface area contributed by atoms with Crippen LogP contribution in [0.4, 0.5) is 0 Å². The zero-order chi connectivity index (χ0) is 20.1. The van der Waals surface area contributed by atoms with E-state index in [0.29, 0.717) is 25.8 Å². The van der Waals surface area contributed by atoms with Gasteiger partial charge in [-0.15, -0.1) is 11.8 Å². The maximum Gasteiger partial charge on any atom is 0.339 e. The fourth-order valence-corrected chi connectivity index (χ4v) is 5.36. The van der Waals surface area contributed by atoms with Gasteiger partial charge in [-0.25, -0.2) is 4.79 Å². The first-order valence-electron chi connectivity index (χ1n) is 8.86.